The molecule has 18 heavy (non-hydrogen) atoms. The third-order valence-corrected chi connectivity index (χ3v) is 6.71. The second-order valence-corrected chi connectivity index (χ2v) is 7.73. The summed E-state index contributed by atoms with van der Waals surface area (Å²) in [6.07, 6.45) is 0. The minimum Gasteiger partial charge on any atom is -0.327 e. The monoisotopic (exact) mass is 555 g/mol. The molecular weight excluding hydrogens is 542 g/mol. The molecule has 0 saturated heterocycles. The van der Waals surface area contributed by atoms with Crippen LogP contribution < -0.4 is 0 Å². The molecule has 2 unspecified atom stereocenters. The third-order valence-electron chi connectivity index (χ3n) is 2.13. The van der Waals surface area contributed by atoms with Crippen molar-refractivity contribution >= 4 is 97.0 Å². The molecule has 0 saturated carbocycles. The zero-order valence-corrected chi connectivity index (χ0v) is 17.3. The Morgan fingerprint density at radius 3 is 1.94 bits per heavy atom. The van der Waals surface area contributed by atoms with Crippen LogP contribution in [0.25, 0.3) is 0 Å². The highest BCUT2D eigenvalue weighted by Gasteiger charge is 2.24. The number of nitrogens with zero attached hydrogens (tertiary/aromatic N) is 1. The van der Waals surface area contributed by atoms with Crippen LogP contribution in [0, 0.1) is 0 Å². The van der Waals surface area contributed by atoms with E-state index in [2.05, 4.69) is 45.2 Å². The van der Waals surface area contributed by atoms with Gasteiger partial charge in [-0.15, -0.1) is 0 Å². The molecule has 2 atom stereocenters. The lowest BCUT2D eigenvalue weighted by Gasteiger charge is -2.32. The Bertz CT molecular complexity index is 303. The normalized spacial score (nSPS) is 13.9. The van der Waals surface area contributed by atoms with Gasteiger partial charge in [0.2, 0.25) is 0 Å². The Kier molecular flexibility index (Phi) is 11.7. The van der Waals surface area contributed by atoms with E-state index in [-0.39, 0.29) is 21.8 Å². The summed E-state index contributed by atoms with van der Waals surface area (Å²) in [6.45, 7) is 4.08. The minimum atomic E-state index is 0.0102. The predicted octanol–water partition coefficient (Wildman–Crippen LogP) is 5.67. The molecular formula is C10H14Cl3I2NOS. The number of carbonyl (C=O) groups is 1. The highest BCUT2D eigenvalue weighted by Crippen LogP contribution is 2.25. The van der Waals surface area contributed by atoms with Crippen molar-refractivity contribution in [1.29, 1.82) is 0 Å². The molecule has 0 radical (unpaired) electrons. The molecule has 106 valence electrons. The van der Waals surface area contributed by atoms with E-state index in [1.807, 2.05) is 18.7 Å². The molecule has 0 aromatic heterocycles. The van der Waals surface area contributed by atoms with Crippen LogP contribution in [0.1, 0.15) is 13.8 Å². The summed E-state index contributed by atoms with van der Waals surface area (Å²) in [6, 6.07) is 0.397. The fourth-order valence-corrected chi connectivity index (χ4v) is 3.41. The lowest BCUT2D eigenvalue weighted by Crippen LogP contribution is -2.44. The quantitative estimate of drug-likeness (QED) is 0.310. The zero-order valence-electron chi connectivity index (χ0n) is 9.93. The van der Waals surface area contributed by atoms with Crippen LogP contribution in [-0.4, -0.2) is 36.8 Å². The predicted molar refractivity (Wildman–Crippen MR) is 101 cm³/mol. The first-order valence-corrected chi connectivity index (χ1v) is 10.3. The Labute approximate surface area is 155 Å². The number of alkyl halides is 2. The van der Waals surface area contributed by atoms with Crippen molar-refractivity contribution in [2.75, 3.05) is 14.6 Å². The SMILES string of the molecule is CC(CI)N(C(=O)SCC(Cl)=C(Cl)Cl)C(C)CI. The van der Waals surface area contributed by atoms with Crippen molar-refractivity contribution in [3.05, 3.63) is 9.52 Å². The van der Waals surface area contributed by atoms with Gasteiger partial charge in [0.15, 0.2) is 0 Å². The van der Waals surface area contributed by atoms with Gasteiger partial charge in [-0.05, 0) is 13.8 Å². The zero-order chi connectivity index (χ0) is 14.3. The van der Waals surface area contributed by atoms with Gasteiger partial charge < -0.3 is 4.90 Å². The maximum absolute atomic E-state index is 12.2. The van der Waals surface area contributed by atoms with Gasteiger partial charge in [-0.2, -0.15) is 0 Å². The molecule has 0 aliphatic heterocycles. The number of halogens is 5. The lowest BCUT2D eigenvalue weighted by atomic mass is 10.2. The van der Waals surface area contributed by atoms with Crippen molar-refractivity contribution in [1.82, 2.24) is 4.90 Å². The molecule has 0 aromatic carbocycles. The van der Waals surface area contributed by atoms with Gasteiger partial charge in [-0.3, -0.25) is 4.79 Å². The molecule has 2 nitrogen and oxygen atoms in total. The van der Waals surface area contributed by atoms with E-state index in [1.165, 1.54) is 0 Å². The van der Waals surface area contributed by atoms with E-state index in [4.69, 9.17) is 34.8 Å². The fraction of sp³-hybridized carbons (Fsp3) is 0.700. The molecule has 8 heteroatoms. The Morgan fingerprint density at radius 2 is 1.61 bits per heavy atom. The average molecular weight is 556 g/mol. The first-order chi connectivity index (χ1) is 8.34. The Balaban J connectivity index is 4.63. The van der Waals surface area contributed by atoms with Crippen molar-refractivity contribution < 1.29 is 4.79 Å². The molecule has 0 aliphatic carbocycles. The van der Waals surface area contributed by atoms with Crippen LogP contribution in [0.5, 0.6) is 0 Å². The van der Waals surface area contributed by atoms with Gasteiger partial charge in [-0.25, -0.2) is 0 Å². The van der Waals surface area contributed by atoms with Crippen LogP contribution >= 0.6 is 91.7 Å². The van der Waals surface area contributed by atoms with Crippen LogP contribution in [0.4, 0.5) is 4.79 Å². The number of carbonyl (C=O) groups excluding carboxylic acids is 1. The van der Waals surface area contributed by atoms with Gasteiger partial charge in [0, 0.05) is 26.7 Å². The van der Waals surface area contributed by atoms with Gasteiger partial charge in [0.25, 0.3) is 5.24 Å². The minimum absolute atomic E-state index is 0.0102. The van der Waals surface area contributed by atoms with E-state index in [0.717, 1.165) is 20.6 Å². The molecule has 0 aromatic rings. The molecule has 0 N–H and O–H groups in total. The smallest absolute Gasteiger partial charge is 0.282 e. The summed E-state index contributed by atoms with van der Waals surface area (Å²) < 4.78 is 1.81. The van der Waals surface area contributed by atoms with Gasteiger partial charge in [0.1, 0.15) is 4.49 Å². The average Bonchev–Trinajstić information content (AvgIpc) is 2.35. The molecule has 0 rings (SSSR count). The van der Waals surface area contributed by atoms with E-state index in [0.29, 0.717) is 10.8 Å². The van der Waals surface area contributed by atoms with E-state index < -0.39 is 0 Å². The molecule has 0 bridgehead atoms. The number of thioether (sulfide) groups is 1. The van der Waals surface area contributed by atoms with Crippen LogP contribution in [0.3, 0.4) is 0 Å². The second-order valence-electron chi connectivity index (χ2n) is 3.63. The summed E-state index contributed by atoms with van der Waals surface area (Å²) in [5, 5.41) is 0.317. The summed E-state index contributed by atoms with van der Waals surface area (Å²) in [5.41, 5.74) is 0. The van der Waals surface area contributed by atoms with Gasteiger partial charge in [-0.1, -0.05) is 91.7 Å². The lowest BCUT2D eigenvalue weighted by molar-refractivity contribution is 0.194. The van der Waals surface area contributed by atoms with Crippen molar-refractivity contribution in [3.8, 4) is 0 Å². The molecule has 0 heterocycles. The molecule has 0 aliphatic rings. The van der Waals surface area contributed by atoms with Crippen molar-refractivity contribution in [2.45, 2.75) is 25.9 Å². The summed E-state index contributed by atoms with van der Waals surface area (Å²) >= 11 is 22.6. The third kappa shape index (κ3) is 7.06. The van der Waals surface area contributed by atoms with Crippen molar-refractivity contribution in [3.63, 3.8) is 0 Å². The Morgan fingerprint density at radius 1 is 1.17 bits per heavy atom. The standard InChI is InChI=1S/C10H14Cl3I2NOS/c1-6(3-14)16(7(2)4-15)10(17)18-5-8(11)9(12)13/h6-7H,3-5H2,1-2H3. The van der Waals surface area contributed by atoms with Gasteiger partial charge >= 0.3 is 0 Å². The molecule has 0 fully saturated rings. The van der Waals surface area contributed by atoms with Crippen LogP contribution in [0.2, 0.25) is 0 Å². The van der Waals surface area contributed by atoms with Crippen LogP contribution in [0.15, 0.2) is 9.52 Å². The molecule has 1 amide bonds. The highest BCUT2D eigenvalue weighted by molar-refractivity contribution is 14.1. The first-order valence-electron chi connectivity index (χ1n) is 5.11. The topological polar surface area (TPSA) is 20.3 Å². The second kappa shape index (κ2) is 10.6. The Hall–Kier alpha value is 1.89. The van der Waals surface area contributed by atoms with Crippen LogP contribution in [-0.2, 0) is 0 Å². The summed E-state index contributed by atoms with van der Waals surface area (Å²) in [4.78, 5) is 14.1. The maximum atomic E-state index is 12.2. The number of hydrogen-bond donors (Lipinski definition) is 0. The number of hydrogen-bond acceptors (Lipinski definition) is 2. The number of rotatable bonds is 6. The van der Waals surface area contributed by atoms with E-state index in [9.17, 15) is 4.79 Å². The van der Waals surface area contributed by atoms with Crippen molar-refractivity contribution in [2.24, 2.45) is 0 Å². The first kappa shape index (κ1) is 19.9. The maximum Gasteiger partial charge on any atom is 0.282 e. The largest absolute Gasteiger partial charge is 0.327 e. The number of amides is 1. The fourth-order valence-electron chi connectivity index (χ4n) is 1.20. The summed E-state index contributed by atoms with van der Waals surface area (Å²) in [7, 11) is 0. The van der Waals surface area contributed by atoms with E-state index in [1.54, 1.807) is 0 Å². The summed E-state index contributed by atoms with van der Waals surface area (Å²) in [5.74, 6) is 0.307. The molecule has 0 spiro atoms. The van der Waals surface area contributed by atoms with E-state index >= 15 is 0 Å². The highest BCUT2D eigenvalue weighted by atomic mass is 127. The van der Waals surface area contributed by atoms with Gasteiger partial charge in [0.05, 0.1) is 5.03 Å².